The molecule has 0 bridgehead atoms. The van der Waals surface area contributed by atoms with Crippen LogP contribution in [0.25, 0.3) is 0 Å². The molecule has 15 heavy (non-hydrogen) atoms. The minimum absolute atomic E-state index is 0.124. The van der Waals surface area contributed by atoms with Gasteiger partial charge in [0, 0.05) is 10.0 Å². The Hall–Kier alpha value is -1.16. The average molecular weight is 271 g/mol. The van der Waals surface area contributed by atoms with Crippen molar-refractivity contribution >= 4 is 28.2 Å². The highest BCUT2D eigenvalue weighted by Crippen LogP contribution is 2.21. The van der Waals surface area contributed by atoms with E-state index >= 15 is 0 Å². The van der Waals surface area contributed by atoms with E-state index in [1.807, 2.05) is 13.0 Å². The second-order valence-corrected chi connectivity index (χ2v) is 4.03. The molecule has 0 atom stereocenters. The maximum absolute atomic E-state index is 11.1. The highest BCUT2D eigenvalue weighted by Gasteiger charge is 2.09. The van der Waals surface area contributed by atoms with Crippen molar-refractivity contribution in [1.29, 1.82) is 0 Å². The summed E-state index contributed by atoms with van der Waals surface area (Å²) in [6.45, 7) is 1.90. The molecule has 3 nitrogen and oxygen atoms in total. The van der Waals surface area contributed by atoms with Gasteiger partial charge in [-0.15, -0.1) is 0 Å². The zero-order valence-electron chi connectivity index (χ0n) is 8.54. The van der Waals surface area contributed by atoms with Gasteiger partial charge in [0.05, 0.1) is 13.5 Å². The van der Waals surface area contributed by atoms with Crippen LogP contribution in [-0.2, 0) is 16.0 Å². The number of hydrogen-bond donors (Lipinski definition) is 0. The first-order valence-electron chi connectivity index (χ1n) is 4.39. The fourth-order valence-corrected chi connectivity index (χ4v) is 1.61. The first-order valence-corrected chi connectivity index (χ1v) is 5.18. The van der Waals surface area contributed by atoms with Crippen molar-refractivity contribution in [2.45, 2.75) is 13.3 Å². The molecule has 0 unspecified atom stereocenters. The van der Waals surface area contributed by atoms with Crippen LogP contribution in [0.15, 0.2) is 16.6 Å². The van der Waals surface area contributed by atoms with Gasteiger partial charge in [-0.05, 0) is 24.1 Å². The number of rotatable bonds is 3. The molecule has 0 saturated carbocycles. The number of aryl methyl sites for hydroxylation is 1. The maximum Gasteiger partial charge on any atom is 0.310 e. The standard InChI is InChI=1S/C11H11BrO3/c1-7-3-8(5-11(14)15-2)9(6-13)4-10(7)12/h3-4,6H,5H2,1-2H3. The van der Waals surface area contributed by atoms with Crippen LogP contribution in [-0.4, -0.2) is 19.4 Å². The Labute approximate surface area is 96.6 Å². The quantitative estimate of drug-likeness (QED) is 0.625. The SMILES string of the molecule is COC(=O)Cc1cc(C)c(Br)cc1C=O. The van der Waals surface area contributed by atoms with Gasteiger partial charge in [0.1, 0.15) is 6.29 Å². The molecule has 0 aromatic heterocycles. The van der Waals surface area contributed by atoms with Crippen LogP contribution in [0.2, 0.25) is 0 Å². The molecule has 0 aliphatic carbocycles. The van der Waals surface area contributed by atoms with Crippen LogP contribution in [0.1, 0.15) is 21.5 Å². The minimum Gasteiger partial charge on any atom is -0.469 e. The molecule has 4 heteroatoms. The smallest absolute Gasteiger partial charge is 0.310 e. The Balaban J connectivity index is 3.10. The van der Waals surface area contributed by atoms with Crippen molar-refractivity contribution in [3.8, 4) is 0 Å². The lowest BCUT2D eigenvalue weighted by Crippen LogP contribution is -2.07. The molecule has 0 heterocycles. The third-order valence-corrected chi connectivity index (χ3v) is 2.96. The fraction of sp³-hybridized carbons (Fsp3) is 0.273. The number of benzene rings is 1. The number of methoxy groups -OCH3 is 1. The van der Waals surface area contributed by atoms with Crippen molar-refractivity contribution in [3.05, 3.63) is 33.3 Å². The zero-order valence-corrected chi connectivity index (χ0v) is 10.1. The van der Waals surface area contributed by atoms with Crippen molar-refractivity contribution in [1.82, 2.24) is 0 Å². The summed E-state index contributed by atoms with van der Waals surface area (Å²) in [6.07, 6.45) is 0.862. The van der Waals surface area contributed by atoms with Crippen LogP contribution >= 0.6 is 15.9 Å². The predicted molar refractivity (Wildman–Crippen MR) is 60.0 cm³/mol. The second kappa shape index (κ2) is 5.07. The van der Waals surface area contributed by atoms with Gasteiger partial charge < -0.3 is 4.74 Å². The molecule has 0 saturated heterocycles. The van der Waals surface area contributed by atoms with E-state index in [0.29, 0.717) is 11.1 Å². The van der Waals surface area contributed by atoms with Gasteiger partial charge in [0.2, 0.25) is 0 Å². The van der Waals surface area contributed by atoms with Gasteiger partial charge in [0.25, 0.3) is 0 Å². The normalized spacial score (nSPS) is 9.80. The van der Waals surface area contributed by atoms with E-state index in [0.717, 1.165) is 16.3 Å². The Morgan fingerprint density at radius 3 is 2.73 bits per heavy atom. The van der Waals surface area contributed by atoms with Crippen molar-refractivity contribution in [3.63, 3.8) is 0 Å². The van der Waals surface area contributed by atoms with E-state index in [2.05, 4.69) is 20.7 Å². The van der Waals surface area contributed by atoms with Gasteiger partial charge in [0.15, 0.2) is 0 Å². The van der Waals surface area contributed by atoms with Gasteiger partial charge in [-0.3, -0.25) is 9.59 Å². The molecule has 1 aromatic rings. The van der Waals surface area contributed by atoms with E-state index in [1.54, 1.807) is 6.07 Å². The number of ether oxygens (including phenoxy) is 1. The third kappa shape index (κ3) is 2.89. The Morgan fingerprint density at radius 2 is 2.20 bits per heavy atom. The molecular formula is C11H11BrO3. The molecule has 0 N–H and O–H groups in total. The summed E-state index contributed by atoms with van der Waals surface area (Å²) in [7, 11) is 1.33. The molecule has 0 aliphatic rings. The van der Waals surface area contributed by atoms with E-state index in [4.69, 9.17) is 0 Å². The Bertz CT molecular complexity index is 399. The summed E-state index contributed by atoms with van der Waals surface area (Å²) in [5.74, 6) is -0.347. The van der Waals surface area contributed by atoms with Gasteiger partial charge in [-0.25, -0.2) is 0 Å². The fourth-order valence-electron chi connectivity index (χ4n) is 1.25. The lowest BCUT2D eigenvalue weighted by atomic mass is 10.0. The first-order chi connectivity index (χ1) is 7.08. The molecule has 80 valence electrons. The topological polar surface area (TPSA) is 43.4 Å². The lowest BCUT2D eigenvalue weighted by Gasteiger charge is -2.06. The zero-order chi connectivity index (χ0) is 11.4. The largest absolute Gasteiger partial charge is 0.469 e. The highest BCUT2D eigenvalue weighted by atomic mass is 79.9. The second-order valence-electron chi connectivity index (χ2n) is 3.17. The Morgan fingerprint density at radius 1 is 1.53 bits per heavy atom. The van der Waals surface area contributed by atoms with Crippen molar-refractivity contribution < 1.29 is 14.3 Å². The number of carbonyl (C=O) groups excluding carboxylic acids is 2. The summed E-state index contributed by atoms with van der Waals surface area (Å²) in [5, 5.41) is 0. The molecule has 1 aromatic carbocycles. The van der Waals surface area contributed by atoms with E-state index in [1.165, 1.54) is 7.11 Å². The molecule has 0 amide bonds. The lowest BCUT2D eigenvalue weighted by molar-refractivity contribution is -0.139. The molecule has 1 rings (SSSR count). The number of aldehydes is 1. The van der Waals surface area contributed by atoms with Crippen LogP contribution in [0.4, 0.5) is 0 Å². The van der Waals surface area contributed by atoms with E-state index < -0.39 is 0 Å². The van der Waals surface area contributed by atoms with Gasteiger partial charge in [-0.1, -0.05) is 22.0 Å². The van der Waals surface area contributed by atoms with E-state index in [9.17, 15) is 9.59 Å². The monoisotopic (exact) mass is 270 g/mol. The van der Waals surface area contributed by atoms with Gasteiger partial charge in [-0.2, -0.15) is 0 Å². The number of carbonyl (C=O) groups is 2. The Kier molecular flexibility index (Phi) is 4.03. The number of halogens is 1. The molecule has 0 aliphatic heterocycles. The van der Waals surface area contributed by atoms with Gasteiger partial charge >= 0.3 is 5.97 Å². The van der Waals surface area contributed by atoms with Crippen LogP contribution < -0.4 is 0 Å². The number of esters is 1. The van der Waals surface area contributed by atoms with Crippen molar-refractivity contribution in [2.75, 3.05) is 7.11 Å². The predicted octanol–water partition coefficient (Wildman–Crippen LogP) is 2.29. The molecule has 0 radical (unpaired) electrons. The summed E-state index contributed by atoms with van der Waals surface area (Å²) >= 11 is 3.33. The van der Waals surface area contributed by atoms with Crippen molar-refractivity contribution in [2.24, 2.45) is 0 Å². The summed E-state index contributed by atoms with van der Waals surface area (Å²) in [4.78, 5) is 21.9. The maximum atomic E-state index is 11.1. The van der Waals surface area contributed by atoms with Crippen LogP contribution in [0, 0.1) is 6.92 Å². The first kappa shape index (κ1) is 11.9. The van der Waals surface area contributed by atoms with Crippen LogP contribution in [0.5, 0.6) is 0 Å². The summed E-state index contributed by atoms with van der Waals surface area (Å²) in [6, 6.07) is 3.52. The minimum atomic E-state index is -0.347. The average Bonchev–Trinajstić information content (AvgIpc) is 2.22. The van der Waals surface area contributed by atoms with Crippen LogP contribution in [0.3, 0.4) is 0 Å². The third-order valence-electron chi connectivity index (χ3n) is 2.11. The highest BCUT2D eigenvalue weighted by molar-refractivity contribution is 9.10. The van der Waals surface area contributed by atoms with E-state index in [-0.39, 0.29) is 12.4 Å². The molecule has 0 spiro atoms. The summed E-state index contributed by atoms with van der Waals surface area (Å²) in [5.41, 5.74) is 2.19. The summed E-state index contributed by atoms with van der Waals surface area (Å²) < 4.78 is 5.42. The molecular weight excluding hydrogens is 260 g/mol. The number of hydrogen-bond acceptors (Lipinski definition) is 3. The molecule has 0 fully saturated rings.